The van der Waals surface area contributed by atoms with E-state index in [0.29, 0.717) is 32.5 Å². The van der Waals surface area contributed by atoms with Crippen LogP contribution in [0.4, 0.5) is 5.69 Å². The maximum Gasteiger partial charge on any atom is 0.291 e. The fourth-order valence-electron chi connectivity index (χ4n) is 2.03. The number of amides is 1. The molecule has 118 valence electrons. The second-order valence-corrected chi connectivity index (χ2v) is 5.87. The number of carbonyl (C=O) groups is 1. The minimum absolute atomic E-state index is 0.176. The number of carbonyl (C=O) groups excluding carboxylic acids is 1. The Hall–Kier alpha value is -2.02. The number of halogens is 2. The molecular formula is C16H11BrClNO4. The highest BCUT2D eigenvalue weighted by Gasteiger charge is 2.13. The number of aliphatic hydroxyl groups excluding tert-OH is 1. The van der Waals surface area contributed by atoms with Crippen molar-refractivity contribution >= 4 is 39.1 Å². The first-order valence-electron chi connectivity index (χ1n) is 6.63. The van der Waals surface area contributed by atoms with Crippen LogP contribution >= 0.6 is 27.5 Å². The topological polar surface area (TPSA) is 75.6 Å². The zero-order valence-electron chi connectivity index (χ0n) is 11.7. The molecule has 2 N–H and O–H groups in total. The minimum Gasteiger partial charge on any atom is -0.459 e. The molecule has 5 nitrogen and oxygen atoms in total. The number of hydrogen-bond donors (Lipinski definition) is 2. The van der Waals surface area contributed by atoms with E-state index in [1.165, 1.54) is 0 Å². The van der Waals surface area contributed by atoms with E-state index in [1.807, 2.05) is 0 Å². The van der Waals surface area contributed by atoms with Gasteiger partial charge in [-0.1, -0.05) is 11.6 Å². The summed E-state index contributed by atoms with van der Waals surface area (Å²) in [6, 6.07) is 11.7. The van der Waals surface area contributed by atoms with Crippen molar-refractivity contribution in [2.24, 2.45) is 0 Å². The Morgan fingerprint density at radius 1 is 1.17 bits per heavy atom. The molecule has 0 atom stereocenters. The zero-order valence-corrected chi connectivity index (χ0v) is 14.0. The summed E-state index contributed by atoms with van der Waals surface area (Å²) >= 11 is 9.39. The molecule has 0 fully saturated rings. The molecule has 0 saturated heterocycles. The van der Waals surface area contributed by atoms with E-state index in [9.17, 15) is 4.79 Å². The maximum atomic E-state index is 12.0. The van der Waals surface area contributed by atoms with E-state index >= 15 is 0 Å². The lowest BCUT2D eigenvalue weighted by atomic mass is 10.1. The summed E-state index contributed by atoms with van der Waals surface area (Å²) in [6.45, 7) is -0.176. The van der Waals surface area contributed by atoms with Gasteiger partial charge in [-0.2, -0.15) is 0 Å². The third-order valence-electron chi connectivity index (χ3n) is 3.11. The highest BCUT2D eigenvalue weighted by molar-refractivity contribution is 9.10. The van der Waals surface area contributed by atoms with Crippen LogP contribution in [0.25, 0.3) is 11.3 Å². The third kappa shape index (κ3) is 3.50. The number of aliphatic hydroxyl groups is 1. The van der Waals surface area contributed by atoms with E-state index in [1.54, 1.807) is 42.5 Å². The van der Waals surface area contributed by atoms with E-state index in [-0.39, 0.29) is 18.3 Å². The second-order valence-electron chi connectivity index (χ2n) is 4.68. The Labute approximate surface area is 145 Å². The average molecular weight is 397 g/mol. The van der Waals surface area contributed by atoms with Crippen molar-refractivity contribution < 1.29 is 18.7 Å². The summed E-state index contributed by atoms with van der Waals surface area (Å²) in [5.74, 6) is 0.819. The summed E-state index contributed by atoms with van der Waals surface area (Å²) in [5.41, 5.74) is 1.20. The first-order chi connectivity index (χ1) is 11.1. The fraction of sp³-hybridized carbons (Fsp3) is 0.0625. The molecule has 0 bridgehead atoms. The van der Waals surface area contributed by atoms with Crippen LogP contribution in [0.3, 0.4) is 0 Å². The van der Waals surface area contributed by atoms with Crippen molar-refractivity contribution in [1.82, 2.24) is 0 Å². The van der Waals surface area contributed by atoms with Crippen molar-refractivity contribution in [3.8, 4) is 11.3 Å². The van der Waals surface area contributed by atoms with E-state index in [2.05, 4.69) is 21.2 Å². The molecular weight excluding hydrogens is 386 g/mol. The van der Waals surface area contributed by atoms with Gasteiger partial charge >= 0.3 is 0 Å². The van der Waals surface area contributed by atoms with Gasteiger partial charge in [-0.15, -0.1) is 0 Å². The smallest absolute Gasteiger partial charge is 0.291 e. The Bertz CT molecular complexity index is 855. The monoisotopic (exact) mass is 395 g/mol. The molecule has 1 amide bonds. The lowest BCUT2D eigenvalue weighted by molar-refractivity contribution is 0.0995. The number of benzene rings is 1. The Morgan fingerprint density at radius 3 is 2.61 bits per heavy atom. The quantitative estimate of drug-likeness (QED) is 0.670. The average Bonchev–Trinajstić information content (AvgIpc) is 3.16. The zero-order chi connectivity index (χ0) is 16.4. The molecule has 3 rings (SSSR count). The molecule has 2 aromatic heterocycles. The first-order valence-corrected chi connectivity index (χ1v) is 7.80. The number of hydrogen-bond acceptors (Lipinski definition) is 4. The van der Waals surface area contributed by atoms with Gasteiger partial charge in [0, 0.05) is 11.3 Å². The fourth-order valence-corrected chi connectivity index (χ4v) is 2.61. The van der Waals surface area contributed by atoms with Crippen molar-refractivity contribution in [3.63, 3.8) is 0 Å². The van der Waals surface area contributed by atoms with Crippen molar-refractivity contribution in [2.75, 3.05) is 5.32 Å². The molecule has 0 spiro atoms. The lowest BCUT2D eigenvalue weighted by Gasteiger charge is -2.06. The Morgan fingerprint density at radius 2 is 2.00 bits per heavy atom. The van der Waals surface area contributed by atoms with Gasteiger partial charge < -0.3 is 19.3 Å². The summed E-state index contributed by atoms with van der Waals surface area (Å²) < 4.78 is 11.1. The summed E-state index contributed by atoms with van der Waals surface area (Å²) in [7, 11) is 0. The normalized spacial score (nSPS) is 10.7. The van der Waals surface area contributed by atoms with Crippen molar-refractivity contribution in [1.29, 1.82) is 0 Å². The van der Waals surface area contributed by atoms with Gasteiger partial charge in [-0.05, 0) is 58.4 Å². The van der Waals surface area contributed by atoms with Crippen LogP contribution in [0, 0.1) is 0 Å². The van der Waals surface area contributed by atoms with E-state index < -0.39 is 0 Å². The lowest BCUT2D eigenvalue weighted by Crippen LogP contribution is -2.10. The van der Waals surface area contributed by atoms with Gasteiger partial charge in [0.1, 0.15) is 18.1 Å². The van der Waals surface area contributed by atoms with Gasteiger partial charge in [0.15, 0.2) is 10.4 Å². The molecule has 3 aromatic rings. The van der Waals surface area contributed by atoms with Gasteiger partial charge in [-0.25, -0.2) is 0 Å². The predicted molar refractivity (Wildman–Crippen MR) is 89.4 cm³/mol. The predicted octanol–water partition coefficient (Wildman–Crippen LogP) is 4.70. The molecule has 0 aliphatic carbocycles. The molecule has 0 aliphatic rings. The summed E-state index contributed by atoms with van der Waals surface area (Å²) in [6.07, 6.45) is 0. The van der Waals surface area contributed by atoms with Crippen LogP contribution in [0.2, 0.25) is 5.02 Å². The molecule has 0 radical (unpaired) electrons. The van der Waals surface area contributed by atoms with Gasteiger partial charge in [0.2, 0.25) is 0 Å². The number of anilines is 1. The number of rotatable bonds is 4. The molecule has 1 aromatic carbocycles. The third-order valence-corrected chi connectivity index (χ3v) is 3.85. The van der Waals surface area contributed by atoms with E-state index in [0.717, 1.165) is 0 Å². The number of nitrogens with one attached hydrogen (secondary N) is 1. The minimum atomic E-state index is -0.375. The molecule has 0 saturated carbocycles. The van der Waals surface area contributed by atoms with Crippen LogP contribution in [-0.2, 0) is 6.61 Å². The van der Waals surface area contributed by atoms with Crippen LogP contribution < -0.4 is 5.32 Å². The highest BCUT2D eigenvalue weighted by atomic mass is 79.9. The van der Waals surface area contributed by atoms with Gasteiger partial charge in [-0.3, -0.25) is 4.79 Å². The SMILES string of the molecule is O=C(Nc1ccc(-c2ccc(CO)o2)c(Cl)c1)c1ccc(Br)o1. The number of furan rings is 2. The summed E-state index contributed by atoms with van der Waals surface area (Å²) in [4.78, 5) is 12.0. The molecule has 0 unspecified atom stereocenters. The first kappa shape index (κ1) is 15.9. The van der Waals surface area contributed by atoms with Crippen LogP contribution in [0.1, 0.15) is 16.3 Å². The van der Waals surface area contributed by atoms with Crippen LogP contribution in [-0.4, -0.2) is 11.0 Å². The van der Waals surface area contributed by atoms with Crippen molar-refractivity contribution in [3.05, 3.63) is 63.7 Å². The second kappa shape index (κ2) is 6.62. The Kier molecular flexibility index (Phi) is 4.56. The van der Waals surface area contributed by atoms with E-state index in [4.69, 9.17) is 25.5 Å². The van der Waals surface area contributed by atoms with Crippen molar-refractivity contribution in [2.45, 2.75) is 6.61 Å². The molecule has 2 heterocycles. The molecule has 7 heteroatoms. The highest BCUT2D eigenvalue weighted by Crippen LogP contribution is 2.32. The molecule has 0 aliphatic heterocycles. The van der Waals surface area contributed by atoms with Crippen LogP contribution in [0.5, 0.6) is 0 Å². The van der Waals surface area contributed by atoms with Crippen LogP contribution in [0.15, 0.2) is 56.0 Å². The van der Waals surface area contributed by atoms with Gasteiger partial charge in [0.05, 0.1) is 5.02 Å². The largest absolute Gasteiger partial charge is 0.459 e. The van der Waals surface area contributed by atoms with Gasteiger partial charge in [0.25, 0.3) is 5.91 Å². The summed E-state index contributed by atoms with van der Waals surface area (Å²) in [5, 5.41) is 12.2. The molecule has 23 heavy (non-hydrogen) atoms. The standard InChI is InChI=1S/C16H11BrClNO4/c17-15-6-5-14(23-15)16(21)19-9-1-3-11(12(18)7-9)13-4-2-10(8-20)22-13/h1-7,20H,8H2,(H,19,21). The Balaban J connectivity index is 1.80. The maximum absolute atomic E-state index is 12.0.